The van der Waals surface area contributed by atoms with Crippen LogP contribution in [0.5, 0.6) is 5.75 Å². The zero-order chi connectivity index (χ0) is 24.8. The number of carboxylic acid groups (broad SMARTS) is 2. The summed E-state index contributed by atoms with van der Waals surface area (Å²) in [7, 11) is 0. The Kier molecular flexibility index (Phi) is 11.1. The molecule has 2 aromatic carbocycles. The van der Waals surface area contributed by atoms with Crippen molar-refractivity contribution < 1.29 is 34.1 Å². The Morgan fingerprint density at radius 1 is 0.788 bits per heavy atom. The highest BCUT2D eigenvalue weighted by atomic mass is 16.5. The van der Waals surface area contributed by atoms with Gasteiger partial charge in [-0.15, -0.1) is 0 Å². The number of primary amides is 1. The van der Waals surface area contributed by atoms with Crippen molar-refractivity contribution in [2.75, 3.05) is 0 Å². The minimum absolute atomic E-state index is 0.0539. The summed E-state index contributed by atoms with van der Waals surface area (Å²) in [5.41, 5.74) is 17.5. The molecule has 0 aliphatic carbocycles. The van der Waals surface area contributed by atoms with Crippen LogP contribution in [0.2, 0.25) is 0 Å². The van der Waals surface area contributed by atoms with E-state index in [1.54, 1.807) is 48.5 Å². The Morgan fingerprint density at radius 3 is 1.79 bits per heavy atom. The van der Waals surface area contributed by atoms with Crippen LogP contribution >= 0.6 is 0 Å². The van der Waals surface area contributed by atoms with E-state index in [1.165, 1.54) is 0 Å². The standard InChI is InChI=1S/C17H18N4O3.C5H8O4/c18-15(22)10-3-11-1-8-14(9-2-11)24-16(23)12-4-6-13(7-5-12)21-17(19)20;6-4(7)2-1-3-5(8)9/h1-2,4-9H,3,10H2,(H2,18,22)(H4,19,20,21);1-3H2,(H,6,7)(H,8,9). The van der Waals surface area contributed by atoms with Gasteiger partial charge in [0, 0.05) is 19.3 Å². The van der Waals surface area contributed by atoms with Gasteiger partial charge in [-0.1, -0.05) is 12.1 Å². The molecule has 33 heavy (non-hydrogen) atoms. The molecule has 0 unspecified atom stereocenters. The number of carboxylic acids is 2. The molecule has 0 saturated heterocycles. The molecule has 0 aliphatic heterocycles. The minimum Gasteiger partial charge on any atom is -0.481 e. The van der Waals surface area contributed by atoms with Gasteiger partial charge in [0.25, 0.3) is 0 Å². The fourth-order valence-corrected chi connectivity index (χ4v) is 2.37. The number of ether oxygens (including phenoxy) is 1. The van der Waals surface area contributed by atoms with E-state index < -0.39 is 17.9 Å². The first-order valence-corrected chi connectivity index (χ1v) is 9.79. The second-order valence-electron chi connectivity index (χ2n) is 6.72. The number of hydrogen-bond acceptors (Lipinski definition) is 6. The van der Waals surface area contributed by atoms with E-state index in [0.29, 0.717) is 23.4 Å². The molecule has 2 rings (SSSR count). The Balaban J connectivity index is 0.000000513. The Morgan fingerprint density at radius 2 is 1.33 bits per heavy atom. The maximum Gasteiger partial charge on any atom is 0.343 e. The van der Waals surface area contributed by atoms with Crippen LogP contribution in [0.25, 0.3) is 0 Å². The maximum absolute atomic E-state index is 12.1. The summed E-state index contributed by atoms with van der Waals surface area (Å²) >= 11 is 0. The summed E-state index contributed by atoms with van der Waals surface area (Å²) in [6.45, 7) is 0. The number of nitrogens with two attached hydrogens (primary N) is 3. The number of benzene rings is 2. The number of nitrogens with zero attached hydrogens (tertiary/aromatic N) is 1. The third-order valence-corrected chi connectivity index (χ3v) is 3.94. The summed E-state index contributed by atoms with van der Waals surface area (Å²) in [6.07, 6.45) is 0.917. The molecule has 0 aromatic heterocycles. The van der Waals surface area contributed by atoms with Crippen molar-refractivity contribution in [3.05, 3.63) is 59.7 Å². The van der Waals surface area contributed by atoms with Gasteiger partial charge in [0.15, 0.2) is 5.96 Å². The van der Waals surface area contributed by atoms with Crippen molar-refractivity contribution in [2.24, 2.45) is 22.2 Å². The van der Waals surface area contributed by atoms with Gasteiger partial charge >= 0.3 is 17.9 Å². The van der Waals surface area contributed by atoms with Crippen LogP contribution in [0.4, 0.5) is 5.69 Å². The number of aliphatic carboxylic acids is 2. The number of amides is 1. The molecular formula is C22H26N4O7. The van der Waals surface area contributed by atoms with Crippen LogP contribution in [0.15, 0.2) is 53.5 Å². The maximum atomic E-state index is 12.1. The van der Waals surface area contributed by atoms with E-state index in [0.717, 1.165) is 5.56 Å². The lowest BCUT2D eigenvalue weighted by atomic mass is 10.1. The van der Waals surface area contributed by atoms with E-state index >= 15 is 0 Å². The van der Waals surface area contributed by atoms with E-state index in [4.69, 9.17) is 32.2 Å². The fraction of sp³-hybridized carbons (Fsp3) is 0.227. The number of rotatable bonds is 10. The van der Waals surface area contributed by atoms with Gasteiger partial charge in [0.2, 0.25) is 5.91 Å². The second kappa shape index (κ2) is 13.8. The molecule has 0 heterocycles. The van der Waals surface area contributed by atoms with Gasteiger partial charge in [0.05, 0.1) is 11.3 Å². The highest BCUT2D eigenvalue weighted by Gasteiger charge is 2.09. The lowest BCUT2D eigenvalue weighted by Crippen LogP contribution is -2.21. The average molecular weight is 458 g/mol. The zero-order valence-corrected chi connectivity index (χ0v) is 17.8. The summed E-state index contributed by atoms with van der Waals surface area (Å²) in [5, 5.41) is 16.1. The molecular weight excluding hydrogens is 432 g/mol. The van der Waals surface area contributed by atoms with Crippen LogP contribution in [0, 0.1) is 0 Å². The summed E-state index contributed by atoms with van der Waals surface area (Å²) < 4.78 is 5.29. The number of aryl methyl sites for hydroxylation is 1. The van der Waals surface area contributed by atoms with Crippen LogP contribution in [-0.4, -0.2) is 40.0 Å². The summed E-state index contributed by atoms with van der Waals surface area (Å²) in [6, 6.07) is 13.3. The molecule has 1 amide bonds. The van der Waals surface area contributed by atoms with Gasteiger partial charge in [-0.2, -0.15) is 0 Å². The van der Waals surface area contributed by atoms with Gasteiger partial charge in [0.1, 0.15) is 5.75 Å². The second-order valence-corrected chi connectivity index (χ2v) is 6.72. The van der Waals surface area contributed by atoms with Crippen molar-refractivity contribution in [3.8, 4) is 5.75 Å². The molecule has 0 radical (unpaired) electrons. The third kappa shape index (κ3) is 12.1. The first-order valence-electron chi connectivity index (χ1n) is 9.79. The van der Waals surface area contributed by atoms with Crippen molar-refractivity contribution in [1.29, 1.82) is 0 Å². The molecule has 8 N–H and O–H groups in total. The van der Waals surface area contributed by atoms with Gasteiger partial charge in [-0.3, -0.25) is 14.4 Å². The number of guanidine groups is 1. The molecule has 0 fully saturated rings. The lowest BCUT2D eigenvalue weighted by molar-refractivity contribution is -0.138. The molecule has 0 bridgehead atoms. The zero-order valence-electron chi connectivity index (χ0n) is 17.8. The normalized spacial score (nSPS) is 9.70. The van der Waals surface area contributed by atoms with E-state index in [9.17, 15) is 19.2 Å². The van der Waals surface area contributed by atoms with E-state index in [2.05, 4.69) is 4.99 Å². The fourth-order valence-electron chi connectivity index (χ4n) is 2.37. The quantitative estimate of drug-likeness (QED) is 0.151. The minimum atomic E-state index is -0.948. The first kappa shape index (κ1) is 26.6. The summed E-state index contributed by atoms with van der Waals surface area (Å²) in [5.74, 6) is -2.38. The van der Waals surface area contributed by atoms with E-state index in [1.807, 2.05) is 0 Å². The number of carbonyl (C=O) groups is 4. The Bertz CT molecular complexity index is 969. The van der Waals surface area contributed by atoms with Crippen LogP contribution < -0.4 is 21.9 Å². The number of carbonyl (C=O) groups excluding carboxylic acids is 2. The van der Waals surface area contributed by atoms with Crippen LogP contribution in [0.1, 0.15) is 41.6 Å². The number of aliphatic imine (C=N–C) groups is 1. The van der Waals surface area contributed by atoms with Gasteiger partial charge in [-0.05, 0) is 54.8 Å². The van der Waals surface area contributed by atoms with Crippen molar-refractivity contribution in [3.63, 3.8) is 0 Å². The molecule has 0 atom stereocenters. The van der Waals surface area contributed by atoms with Crippen molar-refractivity contribution in [1.82, 2.24) is 0 Å². The van der Waals surface area contributed by atoms with Gasteiger partial charge < -0.3 is 32.2 Å². The SMILES string of the molecule is NC(=O)CCc1ccc(OC(=O)c2ccc(N=C(N)N)cc2)cc1.O=C(O)CCCC(=O)O. The monoisotopic (exact) mass is 458 g/mol. The predicted molar refractivity (Wildman–Crippen MR) is 120 cm³/mol. The number of esters is 1. The average Bonchev–Trinajstić information content (AvgIpc) is 2.73. The van der Waals surface area contributed by atoms with Crippen LogP contribution in [0.3, 0.4) is 0 Å². The lowest BCUT2D eigenvalue weighted by Gasteiger charge is -2.06. The van der Waals surface area contributed by atoms with Crippen molar-refractivity contribution >= 4 is 35.5 Å². The first-order chi connectivity index (χ1) is 15.6. The Labute approximate surface area is 189 Å². The Hall–Kier alpha value is -4.41. The molecule has 176 valence electrons. The third-order valence-electron chi connectivity index (χ3n) is 3.94. The van der Waals surface area contributed by atoms with E-state index in [-0.39, 0.29) is 37.6 Å². The van der Waals surface area contributed by atoms with Gasteiger partial charge in [-0.25, -0.2) is 9.79 Å². The molecule has 0 spiro atoms. The smallest absolute Gasteiger partial charge is 0.343 e. The molecule has 2 aromatic rings. The topological polar surface area (TPSA) is 208 Å². The highest BCUT2D eigenvalue weighted by molar-refractivity contribution is 5.91. The molecule has 11 nitrogen and oxygen atoms in total. The molecule has 0 saturated carbocycles. The number of hydrogen-bond donors (Lipinski definition) is 5. The predicted octanol–water partition coefficient (Wildman–Crippen LogP) is 1.55. The largest absolute Gasteiger partial charge is 0.481 e. The molecule has 11 heteroatoms. The summed E-state index contributed by atoms with van der Waals surface area (Å²) in [4.78, 5) is 46.3. The molecule has 0 aliphatic rings. The highest BCUT2D eigenvalue weighted by Crippen LogP contribution is 2.17. The van der Waals surface area contributed by atoms with Crippen molar-refractivity contribution in [2.45, 2.75) is 32.1 Å². The van der Waals surface area contributed by atoms with Crippen LogP contribution in [-0.2, 0) is 20.8 Å².